The van der Waals surface area contributed by atoms with Crippen LogP contribution < -0.4 is 9.64 Å². The first-order valence-electron chi connectivity index (χ1n) is 5.65. The van der Waals surface area contributed by atoms with Crippen molar-refractivity contribution in [3.63, 3.8) is 0 Å². The molecule has 0 aliphatic heterocycles. The van der Waals surface area contributed by atoms with Crippen LogP contribution in [0.25, 0.3) is 0 Å². The predicted octanol–water partition coefficient (Wildman–Crippen LogP) is 3.77. The lowest BCUT2D eigenvalue weighted by Gasteiger charge is -2.20. The number of rotatable bonds is 3. The van der Waals surface area contributed by atoms with Gasteiger partial charge in [0.25, 0.3) is 0 Å². The van der Waals surface area contributed by atoms with Crippen LogP contribution in [-0.4, -0.2) is 14.2 Å². The fraction of sp³-hybridized carbons (Fsp3) is 0.200. The highest BCUT2D eigenvalue weighted by atomic mass is 16.5. The molecule has 2 heteroatoms. The summed E-state index contributed by atoms with van der Waals surface area (Å²) in [6.07, 6.45) is 0. The van der Waals surface area contributed by atoms with Crippen molar-refractivity contribution in [2.24, 2.45) is 0 Å². The number of aryl methyl sites for hydroxylation is 1. The van der Waals surface area contributed by atoms with E-state index in [0.29, 0.717) is 0 Å². The lowest BCUT2D eigenvalue weighted by atomic mass is 10.2. The summed E-state index contributed by atoms with van der Waals surface area (Å²) in [6.45, 7) is 2.10. The van der Waals surface area contributed by atoms with Crippen molar-refractivity contribution in [2.75, 3.05) is 19.1 Å². The van der Waals surface area contributed by atoms with Gasteiger partial charge in [-0.05, 0) is 48.9 Å². The molecule has 0 bridgehead atoms. The third kappa shape index (κ3) is 2.59. The molecule has 0 aliphatic rings. The quantitative estimate of drug-likeness (QED) is 0.791. The maximum absolute atomic E-state index is 5.16. The molecule has 0 saturated heterocycles. The summed E-state index contributed by atoms with van der Waals surface area (Å²) < 4.78 is 5.16. The highest BCUT2D eigenvalue weighted by molar-refractivity contribution is 5.63. The average Bonchev–Trinajstić information content (AvgIpc) is 2.38. The van der Waals surface area contributed by atoms with Crippen LogP contribution in [-0.2, 0) is 0 Å². The summed E-state index contributed by atoms with van der Waals surface area (Å²) in [4.78, 5) is 2.16. The first-order chi connectivity index (χ1) is 8.20. The third-order valence-corrected chi connectivity index (χ3v) is 2.85. The Balaban J connectivity index is 2.27. The van der Waals surface area contributed by atoms with Gasteiger partial charge in [-0.1, -0.05) is 12.1 Å². The van der Waals surface area contributed by atoms with Crippen LogP contribution in [0.2, 0.25) is 0 Å². The maximum Gasteiger partial charge on any atom is 0.119 e. The number of nitrogens with zero attached hydrogens (tertiary/aromatic N) is 1. The summed E-state index contributed by atoms with van der Waals surface area (Å²) in [5.41, 5.74) is 3.61. The van der Waals surface area contributed by atoms with E-state index in [1.165, 1.54) is 11.3 Å². The number of hydrogen-bond acceptors (Lipinski definition) is 2. The zero-order chi connectivity index (χ0) is 12.3. The molecular weight excluding hydrogens is 210 g/mol. The van der Waals surface area contributed by atoms with Gasteiger partial charge in [-0.15, -0.1) is 0 Å². The van der Waals surface area contributed by atoms with Crippen molar-refractivity contribution in [1.82, 2.24) is 0 Å². The maximum atomic E-state index is 5.16. The Morgan fingerprint density at radius 1 is 0.941 bits per heavy atom. The summed E-state index contributed by atoms with van der Waals surface area (Å²) in [6, 6.07) is 16.5. The van der Waals surface area contributed by atoms with E-state index in [4.69, 9.17) is 4.74 Å². The Bertz CT molecular complexity index is 491. The lowest BCUT2D eigenvalue weighted by Crippen LogP contribution is -2.09. The number of anilines is 2. The molecule has 88 valence electrons. The highest BCUT2D eigenvalue weighted by Crippen LogP contribution is 2.25. The fourth-order valence-electron chi connectivity index (χ4n) is 1.79. The molecule has 0 unspecified atom stereocenters. The Hall–Kier alpha value is -1.96. The second kappa shape index (κ2) is 4.91. The molecule has 0 heterocycles. The molecule has 0 fully saturated rings. The van der Waals surface area contributed by atoms with Gasteiger partial charge in [-0.2, -0.15) is 0 Å². The topological polar surface area (TPSA) is 12.5 Å². The highest BCUT2D eigenvalue weighted by Gasteiger charge is 2.03. The monoisotopic (exact) mass is 227 g/mol. The van der Waals surface area contributed by atoms with Crippen molar-refractivity contribution >= 4 is 11.4 Å². The van der Waals surface area contributed by atoms with E-state index in [1.807, 2.05) is 12.1 Å². The van der Waals surface area contributed by atoms with E-state index in [9.17, 15) is 0 Å². The van der Waals surface area contributed by atoms with Crippen molar-refractivity contribution in [1.29, 1.82) is 0 Å². The second-order valence-corrected chi connectivity index (χ2v) is 4.10. The minimum Gasteiger partial charge on any atom is -0.497 e. The van der Waals surface area contributed by atoms with Crippen molar-refractivity contribution in [2.45, 2.75) is 6.92 Å². The number of benzene rings is 2. The molecule has 0 amide bonds. The van der Waals surface area contributed by atoms with Crippen LogP contribution in [0.3, 0.4) is 0 Å². The molecule has 17 heavy (non-hydrogen) atoms. The van der Waals surface area contributed by atoms with E-state index < -0.39 is 0 Å². The van der Waals surface area contributed by atoms with E-state index in [0.717, 1.165) is 11.4 Å². The molecule has 0 aliphatic carbocycles. The second-order valence-electron chi connectivity index (χ2n) is 4.10. The van der Waals surface area contributed by atoms with Gasteiger partial charge >= 0.3 is 0 Å². The van der Waals surface area contributed by atoms with Gasteiger partial charge in [0.1, 0.15) is 5.75 Å². The van der Waals surface area contributed by atoms with Crippen molar-refractivity contribution in [3.8, 4) is 5.75 Å². The van der Waals surface area contributed by atoms with E-state index in [2.05, 4.69) is 55.3 Å². The molecule has 0 saturated carbocycles. The Labute approximate surface area is 102 Å². The van der Waals surface area contributed by atoms with E-state index in [-0.39, 0.29) is 0 Å². The zero-order valence-corrected chi connectivity index (χ0v) is 10.5. The Kier molecular flexibility index (Phi) is 3.33. The van der Waals surface area contributed by atoms with E-state index >= 15 is 0 Å². The normalized spacial score (nSPS) is 10.1. The van der Waals surface area contributed by atoms with Gasteiger partial charge in [0, 0.05) is 18.4 Å². The van der Waals surface area contributed by atoms with Crippen LogP contribution >= 0.6 is 0 Å². The Morgan fingerprint density at radius 3 is 2.24 bits per heavy atom. The lowest BCUT2D eigenvalue weighted by molar-refractivity contribution is 0.415. The molecule has 2 aromatic rings. The zero-order valence-electron chi connectivity index (χ0n) is 10.5. The molecular formula is C15H17NO. The molecule has 2 rings (SSSR count). The summed E-state index contributed by atoms with van der Waals surface area (Å²) in [7, 11) is 3.75. The van der Waals surface area contributed by atoms with Crippen LogP contribution in [0.1, 0.15) is 5.56 Å². The molecule has 0 atom stereocenters. The predicted molar refractivity (Wildman–Crippen MR) is 72.2 cm³/mol. The average molecular weight is 227 g/mol. The van der Waals surface area contributed by atoms with Gasteiger partial charge < -0.3 is 9.64 Å². The molecule has 0 N–H and O–H groups in total. The van der Waals surface area contributed by atoms with E-state index in [1.54, 1.807) is 7.11 Å². The minimum absolute atomic E-state index is 0.881. The first-order valence-corrected chi connectivity index (χ1v) is 5.65. The van der Waals surface area contributed by atoms with Gasteiger partial charge in [-0.25, -0.2) is 0 Å². The third-order valence-electron chi connectivity index (χ3n) is 2.85. The number of hydrogen-bond donors (Lipinski definition) is 0. The largest absolute Gasteiger partial charge is 0.497 e. The molecule has 2 nitrogen and oxygen atoms in total. The van der Waals surface area contributed by atoms with Crippen molar-refractivity contribution < 1.29 is 4.74 Å². The Morgan fingerprint density at radius 2 is 1.65 bits per heavy atom. The smallest absolute Gasteiger partial charge is 0.119 e. The minimum atomic E-state index is 0.881. The molecule has 0 radical (unpaired) electrons. The molecule has 0 spiro atoms. The van der Waals surface area contributed by atoms with Crippen molar-refractivity contribution in [3.05, 3.63) is 54.1 Å². The van der Waals surface area contributed by atoms with Gasteiger partial charge in [0.2, 0.25) is 0 Å². The SMILES string of the molecule is COc1ccc(N(C)c2cccc(C)c2)cc1. The summed E-state index contributed by atoms with van der Waals surface area (Å²) in [5, 5.41) is 0. The van der Waals surface area contributed by atoms with Crippen LogP contribution in [0.5, 0.6) is 5.75 Å². The van der Waals surface area contributed by atoms with Gasteiger partial charge in [0.15, 0.2) is 0 Å². The standard InChI is InChI=1S/C15H17NO/c1-12-5-4-6-14(11-12)16(2)13-7-9-15(17-3)10-8-13/h4-11H,1-3H3. The molecule has 0 aromatic heterocycles. The van der Waals surface area contributed by atoms with Crippen LogP contribution in [0.15, 0.2) is 48.5 Å². The van der Waals surface area contributed by atoms with Crippen LogP contribution in [0, 0.1) is 6.92 Å². The number of methoxy groups -OCH3 is 1. The van der Waals surface area contributed by atoms with Gasteiger partial charge in [0.05, 0.1) is 7.11 Å². The van der Waals surface area contributed by atoms with Gasteiger partial charge in [-0.3, -0.25) is 0 Å². The summed E-state index contributed by atoms with van der Waals surface area (Å²) in [5.74, 6) is 0.881. The first kappa shape index (κ1) is 11.5. The molecule has 2 aromatic carbocycles. The van der Waals surface area contributed by atoms with Crippen LogP contribution in [0.4, 0.5) is 11.4 Å². The fourth-order valence-corrected chi connectivity index (χ4v) is 1.79. The number of ether oxygens (including phenoxy) is 1. The summed E-state index contributed by atoms with van der Waals surface area (Å²) >= 11 is 0.